The van der Waals surface area contributed by atoms with Gasteiger partial charge in [0.2, 0.25) is 0 Å². The molecule has 2 rings (SSSR count). The van der Waals surface area contributed by atoms with Crippen LogP contribution in [0.15, 0.2) is 18.3 Å². The molecule has 18 heavy (non-hydrogen) atoms. The Hall–Kier alpha value is -2.44. The SMILES string of the molecule is Cn1ncc(-c2c(F)cc(C(=O)O)cc2F)c1N. The molecule has 0 aliphatic heterocycles. The third-order valence-corrected chi connectivity index (χ3v) is 2.54. The van der Waals surface area contributed by atoms with Crippen molar-refractivity contribution in [3.63, 3.8) is 0 Å². The number of aryl methyl sites for hydroxylation is 1. The highest BCUT2D eigenvalue weighted by Gasteiger charge is 2.19. The van der Waals surface area contributed by atoms with E-state index in [2.05, 4.69) is 5.10 Å². The fourth-order valence-corrected chi connectivity index (χ4v) is 1.59. The zero-order chi connectivity index (χ0) is 13.4. The largest absolute Gasteiger partial charge is 0.478 e. The highest BCUT2D eigenvalue weighted by Crippen LogP contribution is 2.31. The molecule has 5 nitrogen and oxygen atoms in total. The molecule has 3 N–H and O–H groups in total. The van der Waals surface area contributed by atoms with E-state index in [0.29, 0.717) is 0 Å². The number of carboxylic acids is 1. The Morgan fingerprint density at radius 2 is 1.94 bits per heavy atom. The van der Waals surface area contributed by atoms with Crippen LogP contribution in [0.5, 0.6) is 0 Å². The highest BCUT2D eigenvalue weighted by molar-refractivity contribution is 5.89. The average Bonchev–Trinajstić information content (AvgIpc) is 2.60. The van der Waals surface area contributed by atoms with Gasteiger partial charge in [0.05, 0.1) is 17.3 Å². The zero-order valence-corrected chi connectivity index (χ0v) is 9.32. The van der Waals surface area contributed by atoms with Crippen LogP contribution in [-0.2, 0) is 7.05 Å². The summed E-state index contributed by atoms with van der Waals surface area (Å²) in [6, 6.07) is 1.49. The fourth-order valence-electron chi connectivity index (χ4n) is 1.59. The van der Waals surface area contributed by atoms with Crippen LogP contribution in [0.3, 0.4) is 0 Å². The molecule has 1 heterocycles. The van der Waals surface area contributed by atoms with Crippen LogP contribution in [0, 0.1) is 11.6 Å². The Labute approximate surface area is 100 Å². The summed E-state index contributed by atoms with van der Waals surface area (Å²) in [5.74, 6) is -3.30. The van der Waals surface area contributed by atoms with Gasteiger partial charge in [-0.3, -0.25) is 4.68 Å². The number of rotatable bonds is 2. The molecule has 0 saturated carbocycles. The minimum atomic E-state index is -1.40. The lowest BCUT2D eigenvalue weighted by molar-refractivity contribution is 0.0696. The van der Waals surface area contributed by atoms with Gasteiger partial charge in [-0.15, -0.1) is 0 Å². The molecule has 0 atom stereocenters. The number of nitrogens with two attached hydrogens (primary N) is 1. The predicted octanol–water partition coefficient (Wildman–Crippen LogP) is 1.65. The highest BCUT2D eigenvalue weighted by atomic mass is 19.1. The molecule has 1 aromatic carbocycles. The molecule has 0 aliphatic rings. The number of hydrogen-bond acceptors (Lipinski definition) is 3. The van der Waals surface area contributed by atoms with Crippen molar-refractivity contribution in [2.45, 2.75) is 0 Å². The second-order valence-corrected chi connectivity index (χ2v) is 3.69. The van der Waals surface area contributed by atoms with Gasteiger partial charge < -0.3 is 10.8 Å². The summed E-state index contributed by atoms with van der Waals surface area (Å²) in [5.41, 5.74) is 4.86. The van der Waals surface area contributed by atoms with Crippen LogP contribution in [-0.4, -0.2) is 20.9 Å². The number of nitrogen functional groups attached to an aromatic ring is 1. The van der Waals surface area contributed by atoms with Crippen molar-refractivity contribution in [2.24, 2.45) is 7.05 Å². The maximum atomic E-state index is 13.8. The quantitative estimate of drug-likeness (QED) is 0.852. The maximum absolute atomic E-state index is 13.8. The molecule has 0 aliphatic carbocycles. The fraction of sp³-hybridized carbons (Fsp3) is 0.0909. The van der Waals surface area contributed by atoms with Gasteiger partial charge in [-0.25, -0.2) is 13.6 Å². The first-order valence-electron chi connectivity index (χ1n) is 4.92. The Morgan fingerprint density at radius 1 is 1.39 bits per heavy atom. The Morgan fingerprint density at radius 3 is 2.33 bits per heavy atom. The van der Waals surface area contributed by atoms with Gasteiger partial charge in [0.15, 0.2) is 0 Å². The van der Waals surface area contributed by atoms with Crippen LogP contribution in [0.4, 0.5) is 14.6 Å². The minimum absolute atomic E-state index is 0.0874. The molecule has 0 spiro atoms. The standard InChI is InChI=1S/C11H9F2N3O2/c1-16-10(14)6(4-15-16)9-7(12)2-5(11(17)18)3-8(9)13/h2-4H,14H2,1H3,(H,17,18). The number of anilines is 1. The minimum Gasteiger partial charge on any atom is -0.478 e. The van der Waals surface area contributed by atoms with E-state index in [-0.39, 0.29) is 16.9 Å². The van der Waals surface area contributed by atoms with Crippen LogP contribution in [0.1, 0.15) is 10.4 Å². The lowest BCUT2D eigenvalue weighted by Gasteiger charge is -2.05. The molecule has 0 unspecified atom stereocenters. The first-order chi connectivity index (χ1) is 8.41. The van der Waals surface area contributed by atoms with Gasteiger partial charge in [-0.2, -0.15) is 5.10 Å². The smallest absolute Gasteiger partial charge is 0.335 e. The van der Waals surface area contributed by atoms with E-state index < -0.39 is 23.2 Å². The van der Waals surface area contributed by atoms with Gasteiger partial charge in [0.1, 0.15) is 17.5 Å². The summed E-state index contributed by atoms with van der Waals surface area (Å²) in [6.07, 6.45) is 1.22. The number of aromatic carboxylic acids is 1. The molecule has 0 amide bonds. The van der Waals surface area contributed by atoms with E-state index in [1.54, 1.807) is 0 Å². The van der Waals surface area contributed by atoms with Crippen LogP contribution >= 0.6 is 0 Å². The van der Waals surface area contributed by atoms with Crippen molar-refractivity contribution in [1.29, 1.82) is 0 Å². The van der Waals surface area contributed by atoms with E-state index >= 15 is 0 Å². The molecular formula is C11H9F2N3O2. The third-order valence-electron chi connectivity index (χ3n) is 2.54. The van der Waals surface area contributed by atoms with E-state index in [0.717, 1.165) is 12.1 Å². The normalized spacial score (nSPS) is 10.6. The van der Waals surface area contributed by atoms with E-state index in [9.17, 15) is 13.6 Å². The molecule has 0 bridgehead atoms. The first-order valence-corrected chi connectivity index (χ1v) is 4.92. The molecule has 2 aromatic rings. The summed E-state index contributed by atoms with van der Waals surface area (Å²) in [6.45, 7) is 0. The molecular weight excluding hydrogens is 244 g/mol. The number of nitrogens with zero attached hydrogens (tertiary/aromatic N) is 2. The second kappa shape index (κ2) is 4.10. The van der Waals surface area contributed by atoms with Gasteiger partial charge in [0.25, 0.3) is 0 Å². The number of hydrogen-bond donors (Lipinski definition) is 2. The van der Waals surface area contributed by atoms with Crippen LogP contribution < -0.4 is 5.73 Å². The van der Waals surface area contributed by atoms with E-state index in [4.69, 9.17) is 10.8 Å². The van der Waals surface area contributed by atoms with Gasteiger partial charge in [-0.1, -0.05) is 0 Å². The third kappa shape index (κ3) is 1.79. The van der Waals surface area contributed by atoms with E-state index in [1.807, 2.05) is 0 Å². The molecule has 0 saturated heterocycles. The Balaban J connectivity index is 2.66. The van der Waals surface area contributed by atoms with Crippen LogP contribution in [0.2, 0.25) is 0 Å². The van der Waals surface area contributed by atoms with E-state index in [1.165, 1.54) is 17.9 Å². The van der Waals surface area contributed by atoms with Crippen LogP contribution in [0.25, 0.3) is 11.1 Å². The summed E-state index contributed by atoms with van der Waals surface area (Å²) in [5, 5.41) is 12.5. The van der Waals surface area contributed by atoms with Crippen molar-refractivity contribution in [2.75, 3.05) is 5.73 Å². The van der Waals surface area contributed by atoms with Crippen molar-refractivity contribution in [3.8, 4) is 11.1 Å². The number of carbonyl (C=O) groups is 1. The topological polar surface area (TPSA) is 81.1 Å². The van der Waals surface area contributed by atoms with Gasteiger partial charge >= 0.3 is 5.97 Å². The summed E-state index contributed by atoms with van der Waals surface area (Å²) < 4.78 is 28.8. The summed E-state index contributed by atoms with van der Waals surface area (Å²) in [7, 11) is 1.53. The molecule has 7 heteroatoms. The summed E-state index contributed by atoms with van der Waals surface area (Å²) >= 11 is 0. The van der Waals surface area contributed by atoms with Crippen molar-refractivity contribution < 1.29 is 18.7 Å². The number of aromatic nitrogens is 2. The zero-order valence-electron chi connectivity index (χ0n) is 9.32. The Kier molecular flexibility index (Phi) is 2.74. The molecule has 94 valence electrons. The van der Waals surface area contributed by atoms with Crippen molar-refractivity contribution in [1.82, 2.24) is 9.78 Å². The molecule has 0 radical (unpaired) electrons. The van der Waals surface area contributed by atoms with Crippen molar-refractivity contribution >= 4 is 11.8 Å². The van der Waals surface area contributed by atoms with Crippen molar-refractivity contribution in [3.05, 3.63) is 35.5 Å². The molecule has 0 fully saturated rings. The van der Waals surface area contributed by atoms with Gasteiger partial charge in [-0.05, 0) is 12.1 Å². The molecule has 1 aromatic heterocycles. The Bertz CT molecular complexity index is 614. The first kappa shape index (κ1) is 12.0. The van der Waals surface area contributed by atoms with Gasteiger partial charge in [0, 0.05) is 12.6 Å². The maximum Gasteiger partial charge on any atom is 0.335 e. The number of benzene rings is 1. The number of halogens is 2. The lowest BCUT2D eigenvalue weighted by atomic mass is 10.0. The predicted molar refractivity (Wildman–Crippen MR) is 59.9 cm³/mol. The number of carboxylic acid groups (broad SMARTS) is 1. The monoisotopic (exact) mass is 253 g/mol. The second-order valence-electron chi connectivity index (χ2n) is 3.69. The lowest BCUT2D eigenvalue weighted by Crippen LogP contribution is -2.02. The average molecular weight is 253 g/mol. The summed E-state index contributed by atoms with van der Waals surface area (Å²) in [4.78, 5) is 10.6.